The van der Waals surface area contributed by atoms with Crippen molar-refractivity contribution >= 4 is 5.82 Å². The van der Waals surface area contributed by atoms with Crippen molar-refractivity contribution in [2.75, 3.05) is 5.32 Å². The molecule has 2 rings (SSSR count). The van der Waals surface area contributed by atoms with E-state index in [1.54, 1.807) is 0 Å². The van der Waals surface area contributed by atoms with Gasteiger partial charge in [-0.3, -0.25) is 5.10 Å². The van der Waals surface area contributed by atoms with Crippen LogP contribution in [0.25, 0.3) is 0 Å². The van der Waals surface area contributed by atoms with Gasteiger partial charge in [-0.15, -0.1) is 0 Å². The molecular formula is C12H17N5. The van der Waals surface area contributed by atoms with Crippen LogP contribution in [0.2, 0.25) is 0 Å². The van der Waals surface area contributed by atoms with Gasteiger partial charge in [0.1, 0.15) is 11.6 Å². The van der Waals surface area contributed by atoms with Crippen LogP contribution in [0.1, 0.15) is 28.3 Å². The molecule has 0 aliphatic heterocycles. The average molecular weight is 231 g/mol. The lowest BCUT2D eigenvalue weighted by Crippen LogP contribution is -2.07. The van der Waals surface area contributed by atoms with Gasteiger partial charge in [0.2, 0.25) is 0 Å². The average Bonchev–Trinajstić information content (AvgIpc) is 2.67. The molecule has 0 radical (unpaired) electrons. The first kappa shape index (κ1) is 11.6. The summed E-state index contributed by atoms with van der Waals surface area (Å²) in [5.41, 5.74) is 4.34. The van der Waals surface area contributed by atoms with Crippen molar-refractivity contribution in [1.29, 1.82) is 0 Å². The van der Waals surface area contributed by atoms with E-state index in [2.05, 4.69) is 25.5 Å². The maximum absolute atomic E-state index is 4.41. The van der Waals surface area contributed by atoms with Crippen molar-refractivity contribution in [2.45, 2.75) is 34.2 Å². The number of nitrogens with one attached hydrogen (secondary N) is 2. The van der Waals surface area contributed by atoms with Crippen molar-refractivity contribution in [3.8, 4) is 0 Å². The van der Waals surface area contributed by atoms with Gasteiger partial charge >= 0.3 is 0 Å². The molecule has 17 heavy (non-hydrogen) atoms. The molecule has 0 aliphatic carbocycles. The highest BCUT2D eigenvalue weighted by molar-refractivity contribution is 5.45. The summed E-state index contributed by atoms with van der Waals surface area (Å²) < 4.78 is 0. The second-order valence-electron chi connectivity index (χ2n) is 4.20. The lowest BCUT2D eigenvalue weighted by atomic mass is 10.2. The van der Waals surface area contributed by atoms with Gasteiger partial charge in [-0.05, 0) is 27.7 Å². The fraction of sp³-hybridized carbons (Fsp3) is 0.417. The minimum Gasteiger partial charge on any atom is -0.366 e. The third kappa shape index (κ3) is 2.43. The van der Waals surface area contributed by atoms with Gasteiger partial charge in [0.05, 0.1) is 6.20 Å². The van der Waals surface area contributed by atoms with E-state index < -0.39 is 0 Å². The molecule has 0 saturated heterocycles. The smallest absolute Gasteiger partial charge is 0.133 e. The van der Waals surface area contributed by atoms with Crippen molar-refractivity contribution in [2.24, 2.45) is 0 Å². The van der Waals surface area contributed by atoms with E-state index in [1.165, 1.54) is 0 Å². The molecule has 0 amide bonds. The molecule has 2 aromatic heterocycles. The molecule has 0 atom stereocenters. The van der Waals surface area contributed by atoms with Gasteiger partial charge in [-0.1, -0.05) is 0 Å². The Hall–Kier alpha value is -1.91. The van der Waals surface area contributed by atoms with Crippen LogP contribution < -0.4 is 5.32 Å². The van der Waals surface area contributed by atoms with Crippen molar-refractivity contribution in [3.63, 3.8) is 0 Å². The topological polar surface area (TPSA) is 66.5 Å². The number of hydrogen-bond acceptors (Lipinski definition) is 4. The highest BCUT2D eigenvalue weighted by Gasteiger charge is 2.06. The molecule has 0 spiro atoms. The fourth-order valence-corrected chi connectivity index (χ4v) is 1.67. The minimum absolute atomic E-state index is 0.721. The van der Waals surface area contributed by atoms with Crippen LogP contribution in [-0.2, 0) is 6.54 Å². The minimum atomic E-state index is 0.721. The van der Waals surface area contributed by atoms with E-state index in [9.17, 15) is 0 Å². The van der Waals surface area contributed by atoms with Crippen molar-refractivity contribution < 1.29 is 0 Å². The number of anilines is 1. The summed E-state index contributed by atoms with van der Waals surface area (Å²) in [5, 5.41) is 10.2. The molecule has 0 aromatic carbocycles. The predicted molar refractivity (Wildman–Crippen MR) is 66.9 cm³/mol. The van der Waals surface area contributed by atoms with Crippen LogP contribution in [-0.4, -0.2) is 20.2 Å². The predicted octanol–water partition coefficient (Wildman–Crippen LogP) is 2.05. The van der Waals surface area contributed by atoms with Gasteiger partial charge in [-0.25, -0.2) is 9.97 Å². The first-order valence-corrected chi connectivity index (χ1v) is 5.62. The monoisotopic (exact) mass is 231 g/mol. The summed E-state index contributed by atoms with van der Waals surface area (Å²) >= 11 is 0. The van der Waals surface area contributed by atoms with Gasteiger partial charge in [-0.2, -0.15) is 5.10 Å². The molecule has 5 heteroatoms. The van der Waals surface area contributed by atoms with E-state index >= 15 is 0 Å². The van der Waals surface area contributed by atoms with E-state index in [0.717, 1.165) is 40.7 Å². The summed E-state index contributed by atoms with van der Waals surface area (Å²) in [7, 11) is 0. The standard InChI is InChI=1S/C12H17N5/c1-7-8(2)15-10(4)16-12(7)13-5-11-6-14-17-9(11)3/h6H,5H2,1-4H3,(H,14,17)(H,13,15,16). The summed E-state index contributed by atoms with van der Waals surface area (Å²) in [6.07, 6.45) is 1.83. The lowest BCUT2D eigenvalue weighted by molar-refractivity contribution is 0.966. The largest absolute Gasteiger partial charge is 0.366 e. The maximum Gasteiger partial charge on any atom is 0.133 e. The Labute approximate surface area is 101 Å². The molecule has 2 aromatic rings. The van der Waals surface area contributed by atoms with Crippen LogP contribution in [0.4, 0.5) is 5.82 Å². The van der Waals surface area contributed by atoms with E-state index in [4.69, 9.17) is 0 Å². The molecule has 0 bridgehead atoms. The second kappa shape index (κ2) is 4.53. The normalized spacial score (nSPS) is 10.6. The molecule has 2 heterocycles. The van der Waals surface area contributed by atoms with E-state index in [0.29, 0.717) is 0 Å². The molecule has 0 aliphatic rings. The number of nitrogens with zero attached hydrogens (tertiary/aromatic N) is 3. The highest BCUT2D eigenvalue weighted by Crippen LogP contribution is 2.15. The summed E-state index contributed by atoms with van der Waals surface area (Å²) in [6, 6.07) is 0. The molecule has 0 fully saturated rings. The Bertz CT molecular complexity index is 530. The number of aromatic nitrogens is 4. The van der Waals surface area contributed by atoms with Crippen LogP contribution in [0.3, 0.4) is 0 Å². The Morgan fingerprint density at radius 2 is 1.94 bits per heavy atom. The Balaban J connectivity index is 2.17. The number of hydrogen-bond donors (Lipinski definition) is 2. The van der Waals surface area contributed by atoms with Gasteiger partial charge in [0.15, 0.2) is 0 Å². The SMILES string of the molecule is Cc1nc(C)c(C)c(NCc2cn[nH]c2C)n1. The van der Waals surface area contributed by atoms with Crippen molar-refractivity contribution in [3.05, 3.63) is 34.5 Å². The number of aromatic amines is 1. The molecule has 0 saturated carbocycles. The van der Waals surface area contributed by atoms with Gasteiger partial charge in [0, 0.05) is 29.1 Å². The molecule has 0 unspecified atom stereocenters. The Morgan fingerprint density at radius 3 is 2.59 bits per heavy atom. The maximum atomic E-state index is 4.41. The third-order valence-corrected chi connectivity index (χ3v) is 2.88. The number of rotatable bonds is 3. The van der Waals surface area contributed by atoms with Crippen molar-refractivity contribution in [1.82, 2.24) is 20.2 Å². The number of aryl methyl sites for hydroxylation is 3. The zero-order chi connectivity index (χ0) is 12.4. The second-order valence-corrected chi connectivity index (χ2v) is 4.20. The van der Waals surface area contributed by atoms with E-state index in [1.807, 2.05) is 33.9 Å². The van der Waals surface area contributed by atoms with Gasteiger partial charge in [0.25, 0.3) is 0 Å². The summed E-state index contributed by atoms with van der Waals surface area (Å²) in [4.78, 5) is 8.74. The molecule has 5 nitrogen and oxygen atoms in total. The van der Waals surface area contributed by atoms with E-state index in [-0.39, 0.29) is 0 Å². The zero-order valence-corrected chi connectivity index (χ0v) is 10.6. The molecule has 2 N–H and O–H groups in total. The van der Waals surface area contributed by atoms with Crippen LogP contribution in [0.5, 0.6) is 0 Å². The van der Waals surface area contributed by atoms with Crippen LogP contribution in [0, 0.1) is 27.7 Å². The quantitative estimate of drug-likeness (QED) is 0.848. The highest BCUT2D eigenvalue weighted by atomic mass is 15.1. The Kier molecular flexibility index (Phi) is 3.08. The third-order valence-electron chi connectivity index (χ3n) is 2.88. The van der Waals surface area contributed by atoms with Gasteiger partial charge < -0.3 is 5.32 Å². The zero-order valence-electron chi connectivity index (χ0n) is 10.6. The molecular weight excluding hydrogens is 214 g/mol. The Morgan fingerprint density at radius 1 is 1.18 bits per heavy atom. The first-order chi connectivity index (χ1) is 8.08. The lowest BCUT2D eigenvalue weighted by Gasteiger charge is -2.10. The summed E-state index contributed by atoms with van der Waals surface area (Å²) in [5.74, 6) is 1.69. The molecule has 90 valence electrons. The van der Waals surface area contributed by atoms with Crippen LogP contribution >= 0.6 is 0 Å². The number of H-pyrrole nitrogens is 1. The fourth-order valence-electron chi connectivity index (χ4n) is 1.67. The van der Waals surface area contributed by atoms with Crippen LogP contribution in [0.15, 0.2) is 6.20 Å². The first-order valence-electron chi connectivity index (χ1n) is 5.62. The summed E-state index contributed by atoms with van der Waals surface area (Å²) in [6.45, 7) is 8.66.